The number of nitrogens with zero attached hydrogens (tertiary/aromatic N) is 3. The highest BCUT2D eigenvalue weighted by Crippen LogP contribution is 2.09. The highest BCUT2D eigenvalue weighted by atomic mass is 16.5. The van der Waals surface area contributed by atoms with Crippen molar-refractivity contribution in [3.8, 4) is 0 Å². The molecule has 1 N–H and O–H groups in total. The Labute approximate surface area is 118 Å². The zero-order valence-corrected chi connectivity index (χ0v) is 12.3. The van der Waals surface area contributed by atoms with Crippen molar-refractivity contribution in [2.75, 3.05) is 26.2 Å². The normalized spacial score (nSPS) is 19.4. The largest absolute Gasteiger partial charge is 0.375 e. The molecular formula is C13H22N4O3. The first-order chi connectivity index (χ1) is 9.56. The SMILES string of the molecule is CC1CN(C(=O)NCCc2nc(C(C)C)no2)CCO1. The van der Waals surface area contributed by atoms with Crippen LogP contribution in [0, 0.1) is 0 Å². The topological polar surface area (TPSA) is 80.5 Å². The molecule has 1 fully saturated rings. The lowest BCUT2D eigenvalue weighted by molar-refractivity contribution is -0.00344. The van der Waals surface area contributed by atoms with E-state index in [2.05, 4.69) is 15.5 Å². The van der Waals surface area contributed by atoms with Crippen molar-refractivity contribution < 1.29 is 14.1 Å². The third-order valence-corrected chi connectivity index (χ3v) is 3.14. The summed E-state index contributed by atoms with van der Waals surface area (Å²) in [5, 5.41) is 6.75. The Balaban J connectivity index is 1.73. The maximum Gasteiger partial charge on any atom is 0.317 e. The molecule has 112 valence electrons. The highest BCUT2D eigenvalue weighted by molar-refractivity contribution is 5.74. The van der Waals surface area contributed by atoms with Crippen molar-refractivity contribution in [1.82, 2.24) is 20.4 Å². The number of urea groups is 1. The molecule has 1 aromatic rings. The van der Waals surface area contributed by atoms with Gasteiger partial charge in [0, 0.05) is 32.0 Å². The number of morpholine rings is 1. The molecule has 1 unspecified atom stereocenters. The zero-order chi connectivity index (χ0) is 14.5. The van der Waals surface area contributed by atoms with Gasteiger partial charge in [0.2, 0.25) is 5.89 Å². The number of carbonyl (C=O) groups excluding carboxylic acids is 1. The van der Waals surface area contributed by atoms with E-state index in [0.717, 1.165) is 0 Å². The zero-order valence-electron chi connectivity index (χ0n) is 12.3. The van der Waals surface area contributed by atoms with Gasteiger partial charge in [-0.25, -0.2) is 4.79 Å². The van der Waals surface area contributed by atoms with Gasteiger partial charge in [-0.2, -0.15) is 4.98 Å². The van der Waals surface area contributed by atoms with Gasteiger partial charge in [0.25, 0.3) is 0 Å². The van der Waals surface area contributed by atoms with Crippen molar-refractivity contribution >= 4 is 6.03 Å². The molecule has 20 heavy (non-hydrogen) atoms. The van der Waals surface area contributed by atoms with Gasteiger partial charge in [0.1, 0.15) is 0 Å². The van der Waals surface area contributed by atoms with Crippen LogP contribution >= 0.6 is 0 Å². The molecule has 7 heteroatoms. The summed E-state index contributed by atoms with van der Waals surface area (Å²) in [5.41, 5.74) is 0. The number of hydrogen-bond donors (Lipinski definition) is 1. The van der Waals surface area contributed by atoms with Crippen molar-refractivity contribution in [2.24, 2.45) is 0 Å². The molecule has 2 amide bonds. The van der Waals surface area contributed by atoms with Crippen LogP contribution in [-0.2, 0) is 11.2 Å². The van der Waals surface area contributed by atoms with Gasteiger partial charge in [0.15, 0.2) is 5.82 Å². The molecule has 0 radical (unpaired) electrons. The predicted octanol–water partition coefficient (Wildman–Crippen LogP) is 1.17. The van der Waals surface area contributed by atoms with E-state index in [1.807, 2.05) is 20.8 Å². The second-order valence-electron chi connectivity index (χ2n) is 5.31. The average Bonchev–Trinajstić information content (AvgIpc) is 2.87. The van der Waals surface area contributed by atoms with Gasteiger partial charge in [-0.3, -0.25) is 0 Å². The number of nitrogens with one attached hydrogen (secondary N) is 1. The number of ether oxygens (including phenoxy) is 1. The minimum absolute atomic E-state index is 0.0660. The third kappa shape index (κ3) is 3.93. The summed E-state index contributed by atoms with van der Waals surface area (Å²) < 4.78 is 10.5. The van der Waals surface area contributed by atoms with Gasteiger partial charge in [-0.15, -0.1) is 0 Å². The van der Waals surface area contributed by atoms with Crippen LogP contribution in [0.2, 0.25) is 0 Å². The molecule has 2 heterocycles. The molecule has 2 rings (SSSR count). The predicted molar refractivity (Wildman–Crippen MR) is 72.5 cm³/mol. The van der Waals surface area contributed by atoms with E-state index in [4.69, 9.17) is 9.26 Å². The molecule has 0 saturated carbocycles. The Morgan fingerprint density at radius 3 is 3.00 bits per heavy atom. The van der Waals surface area contributed by atoms with Crippen LogP contribution in [0.5, 0.6) is 0 Å². The van der Waals surface area contributed by atoms with Crippen LogP contribution in [-0.4, -0.2) is 53.4 Å². The molecule has 0 spiro atoms. The Morgan fingerprint density at radius 1 is 1.55 bits per heavy atom. The third-order valence-electron chi connectivity index (χ3n) is 3.14. The molecule has 1 atom stereocenters. The van der Waals surface area contributed by atoms with Crippen LogP contribution in [0.1, 0.15) is 38.4 Å². The van der Waals surface area contributed by atoms with Crippen molar-refractivity contribution in [3.05, 3.63) is 11.7 Å². The second kappa shape index (κ2) is 6.69. The summed E-state index contributed by atoms with van der Waals surface area (Å²) in [7, 11) is 0. The van der Waals surface area contributed by atoms with E-state index < -0.39 is 0 Å². The average molecular weight is 282 g/mol. The fourth-order valence-electron chi connectivity index (χ4n) is 2.00. The fourth-order valence-corrected chi connectivity index (χ4v) is 2.00. The van der Waals surface area contributed by atoms with Crippen LogP contribution in [0.4, 0.5) is 4.79 Å². The number of amides is 2. The Bertz CT molecular complexity index is 447. The summed E-state index contributed by atoms with van der Waals surface area (Å²) in [6.45, 7) is 8.33. The molecule has 0 aromatic carbocycles. The Hall–Kier alpha value is -1.63. The monoisotopic (exact) mass is 282 g/mol. The van der Waals surface area contributed by atoms with Gasteiger partial charge in [0.05, 0.1) is 12.7 Å². The molecule has 1 aromatic heterocycles. The first-order valence-corrected chi connectivity index (χ1v) is 7.03. The van der Waals surface area contributed by atoms with Crippen molar-refractivity contribution in [3.63, 3.8) is 0 Å². The minimum Gasteiger partial charge on any atom is -0.375 e. The molecule has 0 bridgehead atoms. The van der Waals surface area contributed by atoms with E-state index in [-0.39, 0.29) is 18.1 Å². The molecule has 0 aliphatic carbocycles. The summed E-state index contributed by atoms with van der Waals surface area (Å²) >= 11 is 0. The number of aromatic nitrogens is 2. The summed E-state index contributed by atoms with van der Waals surface area (Å²) in [4.78, 5) is 18.0. The number of carbonyl (C=O) groups is 1. The van der Waals surface area contributed by atoms with Gasteiger partial charge >= 0.3 is 6.03 Å². The Morgan fingerprint density at radius 2 is 2.35 bits per heavy atom. The Kier molecular flexibility index (Phi) is 4.94. The first kappa shape index (κ1) is 14.8. The minimum atomic E-state index is -0.0660. The lowest BCUT2D eigenvalue weighted by atomic mass is 10.2. The standard InChI is InChI=1S/C13H22N4O3/c1-9(2)12-15-11(20-16-12)4-5-14-13(18)17-6-7-19-10(3)8-17/h9-10H,4-8H2,1-3H3,(H,14,18). The van der Waals surface area contributed by atoms with Crippen molar-refractivity contribution in [1.29, 1.82) is 0 Å². The molecule has 7 nitrogen and oxygen atoms in total. The lowest BCUT2D eigenvalue weighted by Gasteiger charge is -2.31. The van der Waals surface area contributed by atoms with E-state index in [1.165, 1.54) is 0 Å². The summed E-state index contributed by atoms with van der Waals surface area (Å²) in [5.74, 6) is 1.51. The van der Waals surface area contributed by atoms with Crippen LogP contribution in [0.3, 0.4) is 0 Å². The molecule has 1 aliphatic heterocycles. The molecular weight excluding hydrogens is 260 g/mol. The van der Waals surface area contributed by atoms with E-state index >= 15 is 0 Å². The second-order valence-corrected chi connectivity index (χ2v) is 5.31. The van der Waals surface area contributed by atoms with Gasteiger partial charge < -0.3 is 19.5 Å². The summed E-state index contributed by atoms with van der Waals surface area (Å²) in [6, 6.07) is -0.0660. The number of hydrogen-bond acceptors (Lipinski definition) is 5. The van der Waals surface area contributed by atoms with Crippen LogP contribution in [0.15, 0.2) is 4.52 Å². The fraction of sp³-hybridized carbons (Fsp3) is 0.769. The van der Waals surface area contributed by atoms with Crippen LogP contribution in [0.25, 0.3) is 0 Å². The van der Waals surface area contributed by atoms with Crippen molar-refractivity contribution in [2.45, 2.75) is 39.2 Å². The maximum absolute atomic E-state index is 11.9. The van der Waals surface area contributed by atoms with Gasteiger partial charge in [-0.05, 0) is 6.92 Å². The summed E-state index contributed by atoms with van der Waals surface area (Å²) in [6.07, 6.45) is 0.643. The smallest absolute Gasteiger partial charge is 0.317 e. The van der Waals surface area contributed by atoms with E-state index in [0.29, 0.717) is 44.4 Å². The van der Waals surface area contributed by atoms with E-state index in [9.17, 15) is 4.79 Å². The number of rotatable bonds is 4. The lowest BCUT2D eigenvalue weighted by Crippen LogP contribution is -2.49. The quantitative estimate of drug-likeness (QED) is 0.896. The molecule has 1 aliphatic rings. The van der Waals surface area contributed by atoms with Crippen LogP contribution < -0.4 is 5.32 Å². The molecule has 1 saturated heterocycles. The highest BCUT2D eigenvalue weighted by Gasteiger charge is 2.21. The van der Waals surface area contributed by atoms with Gasteiger partial charge in [-0.1, -0.05) is 19.0 Å². The first-order valence-electron chi connectivity index (χ1n) is 7.03. The maximum atomic E-state index is 11.9. The van der Waals surface area contributed by atoms with E-state index in [1.54, 1.807) is 4.90 Å².